The van der Waals surface area contributed by atoms with Gasteiger partial charge in [0, 0.05) is 23.5 Å². The maximum absolute atomic E-state index is 9.08. The molecule has 0 amide bonds. The fourth-order valence-electron chi connectivity index (χ4n) is 4.47. The standard InChI is InChI=1S/C30H27ClN6/c1-22-16-27(31)12-10-25(22)14-15-36(19-28-13-11-26-4-2-3-5-29(26)34-28)20-30-35-33-21-37(30)18-24-8-6-23(17-32)7-9-24/h2-13,16,21H,14-15,18-20H2,1H3. The van der Waals surface area contributed by atoms with Crippen LogP contribution in [0.25, 0.3) is 10.9 Å². The molecule has 184 valence electrons. The van der Waals surface area contributed by atoms with Crippen LogP contribution in [0.15, 0.2) is 85.2 Å². The molecule has 0 spiro atoms. The fraction of sp³-hybridized carbons (Fsp3) is 0.200. The van der Waals surface area contributed by atoms with E-state index >= 15 is 0 Å². The molecule has 0 aliphatic carbocycles. The number of para-hydroxylation sites is 1. The summed E-state index contributed by atoms with van der Waals surface area (Å²) in [4.78, 5) is 7.27. The number of hydrogen-bond acceptors (Lipinski definition) is 5. The number of rotatable bonds is 9. The minimum Gasteiger partial charge on any atom is -0.312 e. The lowest BCUT2D eigenvalue weighted by Gasteiger charge is -2.22. The first-order valence-electron chi connectivity index (χ1n) is 12.2. The van der Waals surface area contributed by atoms with Crippen molar-refractivity contribution in [2.45, 2.75) is 33.0 Å². The second-order valence-electron chi connectivity index (χ2n) is 9.21. The fourth-order valence-corrected chi connectivity index (χ4v) is 4.70. The predicted octanol–water partition coefficient (Wildman–Crippen LogP) is 5.95. The topological polar surface area (TPSA) is 70.6 Å². The molecule has 0 aliphatic heterocycles. The summed E-state index contributed by atoms with van der Waals surface area (Å²) < 4.78 is 2.07. The van der Waals surface area contributed by atoms with Gasteiger partial charge in [-0.25, -0.2) is 0 Å². The van der Waals surface area contributed by atoms with Crippen molar-refractivity contribution in [2.24, 2.45) is 0 Å². The first kappa shape index (κ1) is 24.6. The van der Waals surface area contributed by atoms with E-state index < -0.39 is 0 Å². The highest BCUT2D eigenvalue weighted by molar-refractivity contribution is 6.30. The number of benzene rings is 3. The minimum absolute atomic E-state index is 0.636. The maximum atomic E-state index is 9.08. The van der Waals surface area contributed by atoms with Crippen LogP contribution in [-0.2, 0) is 26.1 Å². The van der Waals surface area contributed by atoms with E-state index in [4.69, 9.17) is 21.8 Å². The van der Waals surface area contributed by atoms with Crippen LogP contribution in [0.2, 0.25) is 5.02 Å². The Morgan fingerprint density at radius 2 is 1.81 bits per heavy atom. The summed E-state index contributed by atoms with van der Waals surface area (Å²) in [5.74, 6) is 0.887. The molecule has 3 aromatic carbocycles. The zero-order valence-electron chi connectivity index (χ0n) is 20.7. The first-order valence-corrected chi connectivity index (χ1v) is 12.6. The quantitative estimate of drug-likeness (QED) is 0.247. The molecule has 2 aromatic heterocycles. The maximum Gasteiger partial charge on any atom is 0.147 e. The van der Waals surface area contributed by atoms with E-state index in [-0.39, 0.29) is 0 Å². The molecule has 0 bridgehead atoms. The highest BCUT2D eigenvalue weighted by atomic mass is 35.5. The summed E-state index contributed by atoms with van der Waals surface area (Å²) in [5.41, 5.74) is 6.24. The average molecular weight is 507 g/mol. The van der Waals surface area contributed by atoms with E-state index in [2.05, 4.69) is 63.0 Å². The lowest BCUT2D eigenvalue weighted by Crippen LogP contribution is -2.27. The van der Waals surface area contributed by atoms with Crippen molar-refractivity contribution in [3.63, 3.8) is 0 Å². The summed E-state index contributed by atoms with van der Waals surface area (Å²) in [7, 11) is 0. The highest BCUT2D eigenvalue weighted by Gasteiger charge is 2.14. The summed E-state index contributed by atoms with van der Waals surface area (Å²) in [6, 6.07) is 28.3. The van der Waals surface area contributed by atoms with Gasteiger partial charge in [-0.1, -0.05) is 54.1 Å². The molecule has 0 radical (unpaired) electrons. The van der Waals surface area contributed by atoms with Crippen molar-refractivity contribution in [3.8, 4) is 6.07 Å². The first-order chi connectivity index (χ1) is 18.1. The molecule has 0 atom stereocenters. The number of fused-ring (bicyclic) bond motifs is 1. The predicted molar refractivity (Wildman–Crippen MR) is 146 cm³/mol. The third kappa shape index (κ3) is 6.21. The van der Waals surface area contributed by atoms with Crippen LogP contribution in [0.4, 0.5) is 0 Å². The Kier molecular flexibility index (Phi) is 7.55. The van der Waals surface area contributed by atoms with Crippen molar-refractivity contribution in [3.05, 3.63) is 124 Å². The molecule has 0 saturated heterocycles. The summed E-state index contributed by atoms with van der Waals surface area (Å²) in [5, 5.41) is 19.6. The number of pyridine rings is 1. The Labute approximate surface area is 221 Å². The molecule has 2 heterocycles. The van der Waals surface area contributed by atoms with Crippen molar-refractivity contribution in [2.75, 3.05) is 6.54 Å². The Balaban J connectivity index is 1.37. The van der Waals surface area contributed by atoms with Crippen molar-refractivity contribution >= 4 is 22.5 Å². The van der Waals surface area contributed by atoms with Gasteiger partial charge in [-0.05, 0) is 66.4 Å². The van der Waals surface area contributed by atoms with Crippen LogP contribution in [0, 0.1) is 18.3 Å². The van der Waals surface area contributed by atoms with Gasteiger partial charge in [-0.15, -0.1) is 10.2 Å². The van der Waals surface area contributed by atoms with Crippen LogP contribution in [-0.4, -0.2) is 31.2 Å². The summed E-state index contributed by atoms with van der Waals surface area (Å²) >= 11 is 6.18. The number of hydrogen-bond donors (Lipinski definition) is 0. The van der Waals surface area contributed by atoms with Crippen LogP contribution < -0.4 is 0 Å². The molecule has 0 fully saturated rings. The van der Waals surface area contributed by atoms with Crippen molar-refractivity contribution in [1.82, 2.24) is 24.6 Å². The molecule has 0 N–H and O–H groups in total. The molecule has 5 rings (SSSR count). The average Bonchev–Trinajstić information content (AvgIpc) is 3.34. The van der Waals surface area contributed by atoms with E-state index in [9.17, 15) is 0 Å². The number of nitriles is 1. The van der Waals surface area contributed by atoms with Crippen LogP contribution in [0.3, 0.4) is 0 Å². The van der Waals surface area contributed by atoms with Crippen LogP contribution in [0.1, 0.15) is 33.8 Å². The zero-order chi connectivity index (χ0) is 25.6. The molecule has 6 nitrogen and oxygen atoms in total. The highest BCUT2D eigenvalue weighted by Crippen LogP contribution is 2.18. The third-order valence-corrected chi connectivity index (χ3v) is 6.78. The SMILES string of the molecule is Cc1cc(Cl)ccc1CCN(Cc1ccc2ccccc2n1)Cc1nncn1Cc1ccc(C#N)cc1. The second kappa shape index (κ2) is 11.3. The number of halogens is 1. The summed E-state index contributed by atoms with van der Waals surface area (Å²) in [6.45, 7) is 4.91. The molecule has 0 saturated carbocycles. The van der Waals surface area contributed by atoms with E-state index in [1.54, 1.807) is 6.33 Å². The largest absolute Gasteiger partial charge is 0.312 e. The van der Waals surface area contributed by atoms with Gasteiger partial charge in [0.25, 0.3) is 0 Å². The summed E-state index contributed by atoms with van der Waals surface area (Å²) in [6.07, 6.45) is 2.66. The van der Waals surface area contributed by atoms with Gasteiger partial charge in [0.2, 0.25) is 0 Å². The van der Waals surface area contributed by atoms with Gasteiger partial charge in [-0.2, -0.15) is 5.26 Å². The van der Waals surface area contributed by atoms with Crippen molar-refractivity contribution in [1.29, 1.82) is 5.26 Å². The lowest BCUT2D eigenvalue weighted by atomic mass is 10.1. The smallest absolute Gasteiger partial charge is 0.147 e. The van der Waals surface area contributed by atoms with E-state index in [1.165, 1.54) is 11.1 Å². The second-order valence-corrected chi connectivity index (χ2v) is 9.65. The van der Waals surface area contributed by atoms with Crippen molar-refractivity contribution < 1.29 is 0 Å². The normalized spacial score (nSPS) is 11.2. The Bertz CT molecular complexity index is 1550. The van der Waals surface area contributed by atoms with E-state index in [0.717, 1.165) is 46.0 Å². The van der Waals surface area contributed by atoms with Crippen LogP contribution in [0.5, 0.6) is 0 Å². The van der Waals surface area contributed by atoms with Crippen LogP contribution >= 0.6 is 11.6 Å². The van der Waals surface area contributed by atoms with Gasteiger partial charge in [-0.3, -0.25) is 9.88 Å². The van der Waals surface area contributed by atoms with Gasteiger partial charge in [0.05, 0.1) is 35.9 Å². The molecular formula is C30H27ClN6. The van der Waals surface area contributed by atoms with Gasteiger partial charge >= 0.3 is 0 Å². The molecule has 5 aromatic rings. The third-order valence-electron chi connectivity index (χ3n) is 6.54. The Morgan fingerprint density at radius 1 is 0.973 bits per heavy atom. The number of nitrogens with zero attached hydrogens (tertiary/aromatic N) is 6. The molecule has 7 heteroatoms. The Morgan fingerprint density at radius 3 is 2.62 bits per heavy atom. The van der Waals surface area contributed by atoms with Gasteiger partial charge in [0.15, 0.2) is 0 Å². The molecular weight excluding hydrogens is 480 g/mol. The molecule has 37 heavy (non-hydrogen) atoms. The molecule has 0 unspecified atom stereocenters. The number of aryl methyl sites for hydroxylation is 1. The van der Waals surface area contributed by atoms with E-state index in [0.29, 0.717) is 25.2 Å². The molecule has 0 aliphatic rings. The lowest BCUT2D eigenvalue weighted by molar-refractivity contribution is 0.247. The monoisotopic (exact) mass is 506 g/mol. The number of aromatic nitrogens is 4. The minimum atomic E-state index is 0.636. The Hall–Kier alpha value is -4.05. The zero-order valence-corrected chi connectivity index (χ0v) is 21.4. The van der Waals surface area contributed by atoms with Gasteiger partial charge in [0.1, 0.15) is 12.2 Å². The van der Waals surface area contributed by atoms with Gasteiger partial charge < -0.3 is 4.57 Å². The van der Waals surface area contributed by atoms with E-state index in [1.807, 2.05) is 48.5 Å².